The zero-order chi connectivity index (χ0) is 38.5. The molecule has 2 heterocycles. The number of carbonyl (C=O) groups is 1. The summed E-state index contributed by atoms with van der Waals surface area (Å²) >= 11 is 1.24. The van der Waals surface area contributed by atoms with Crippen LogP contribution in [0.25, 0.3) is 44.7 Å². The number of hydrogen-bond donors (Lipinski definition) is 0. The van der Waals surface area contributed by atoms with E-state index in [0.717, 1.165) is 5.56 Å². The molecule has 0 aliphatic rings. The monoisotopic (exact) mass is 755 g/mol. The Hall–Kier alpha value is -6.55. The summed E-state index contributed by atoms with van der Waals surface area (Å²) in [4.78, 5) is 23.9. The van der Waals surface area contributed by atoms with Gasteiger partial charge in [-0.15, -0.1) is 5.10 Å². The molecule has 2 aromatic heterocycles. The maximum absolute atomic E-state index is 14.3. The van der Waals surface area contributed by atoms with Crippen LogP contribution in [0.1, 0.15) is 10.4 Å². The standard InChI is InChI=1S/C38H37N5O10S/c1-45-25-14-22(15-26(46-2)31(25)51-7)35-40-37(54-42-35)21-12-10-20(11-13-21)34-39-36(23-16-27(47-3)32(52-8)28(17-23)48-4)43(41-34)38(44)24-18-29(49-5)33(53-9)30(19-24)50-6/h10-19H,1-9H3. The van der Waals surface area contributed by atoms with E-state index in [2.05, 4.69) is 4.37 Å². The Labute approximate surface area is 315 Å². The first-order valence-electron chi connectivity index (χ1n) is 16.1. The second kappa shape index (κ2) is 16.0. The highest BCUT2D eigenvalue weighted by molar-refractivity contribution is 7.09. The Morgan fingerprint density at radius 3 is 1.37 bits per heavy atom. The quantitative estimate of drug-likeness (QED) is 0.118. The molecule has 0 aliphatic carbocycles. The Kier molecular flexibility index (Phi) is 11.0. The van der Waals surface area contributed by atoms with E-state index in [9.17, 15) is 4.79 Å². The van der Waals surface area contributed by atoms with Crippen molar-refractivity contribution in [2.24, 2.45) is 0 Å². The van der Waals surface area contributed by atoms with Crippen molar-refractivity contribution in [3.8, 4) is 96.5 Å². The summed E-state index contributed by atoms with van der Waals surface area (Å²) in [6.45, 7) is 0. The van der Waals surface area contributed by atoms with Crippen LogP contribution in [0.3, 0.4) is 0 Å². The highest BCUT2D eigenvalue weighted by Crippen LogP contribution is 2.43. The Morgan fingerprint density at radius 1 is 0.500 bits per heavy atom. The number of methoxy groups -OCH3 is 9. The summed E-state index contributed by atoms with van der Waals surface area (Å²) in [5.41, 5.74) is 2.85. The van der Waals surface area contributed by atoms with Crippen LogP contribution in [0, 0.1) is 0 Å². The van der Waals surface area contributed by atoms with Crippen LogP contribution in [0.2, 0.25) is 0 Å². The first-order chi connectivity index (χ1) is 26.2. The van der Waals surface area contributed by atoms with Crippen molar-refractivity contribution in [1.82, 2.24) is 24.1 Å². The first kappa shape index (κ1) is 37.2. The molecule has 0 unspecified atom stereocenters. The fraction of sp³-hybridized carbons (Fsp3) is 0.237. The van der Waals surface area contributed by atoms with Crippen LogP contribution in [-0.2, 0) is 0 Å². The number of rotatable bonds is 14. The lowest BCUT2D eigenvalue weighted by atomic mass is 10.1. The third-order valence-corrected chi connectivity index (χ3v) is 9.14. The highest BCUT2D eigenvalue weighted by Gasteiger charge is 2.26. The molecular weight excluding hydrogens is 719 g/mol. The maximum Gasteiger partial charge on any atom is 0.280 e. The molecule has 4 aromatic carbocycles. The van der Waals surface area contributed by atoms with E-state index in [-0.39, 0.29) is 17.2 Å². The maximum atomic E-state index is 14.3. The van der Waals surface area contributed by atoms with E-state index < -0.39 is 5.91 Å². The molecule has 0 fully saturated rings. The van der Waals surface area contributed by atoms with Crippen LogP contribution >= 0.6 is 11.5 Å². The summed E-state index contributed by atoms with van der Waals surface area (Å²) in [6, 6.07) is 17.5. The minimum Gasteiger partial charge on any atom is -0.493 e. The SMILES string of the molecule is COc1cc(C(=O)n2nc(-c3ccc(-c4nc(-c5cc(OC)c(OC)c(OC)c5)ns4)cc3)nc2-c2cc(OC)c(OC)c(OC)c2)cc(OC)c1OC. The lowest BCUT2D eigenvalue weighted by Gasteiger charge is -2.15. The average Bonchev–Trinajstić information content (AvgIpc) is 3.90. The van der Waals surface area contributed by atoms with Crippen LogP contribution in [0.5, 0.6) is 51.7 Å². The molecule has 0 aliphatic heterocycles. The largest absolute Gasteiger partial charge is 0.493 e. The minimum absolute atomic E-state index is 0.212. The zero-order valence-electron chi connectivity index (χ0n) is 31.0. The summed E-state index contributed by atoms with van der Waals surface area (Å²) < 4.78 is 55.4. The van der Waals surface area contributed by atoms with Crippen LogP contribution in [0.4, 0.5) is 0 Å². The van der Waals surface area contributed by atoms with Gasteiger partial charge in [-0.25, -0.2) is 9.97 Å². The number of hydrogen-bond acceptors (Lipinski definition) is 15. The average molecular weight is 756 g/mol. The Balaban J connectivity index is 1.42. The molecule has 280 valence electrons. The van der Waals surface area contributed by atoms with Gasteiger partial charge < -0.3 is 42.6 Å². The van der Waals surface area contributed by atoms with Crippen molar-refractivity contribution >= 4 is 17.4 Å². The van der Waals surface area contributed by atoms with E-state index in [4.69, 9.17) is 57.7 Å². The molecule has 6 aromatic rings. The molecule has 0 spiro atoms. The molecular formula is C38H37N5O10S. The van der Waals surface area contributed by atoms with Crippen LogP contribution in [-0.4, -0.2) is 94.0 Å². The Morgan fingerprint density at radius 2 is 0.926 bits per heavy atom. The highest BCUT2D eigenvalue weighted by atomic mass is 32.1. The van der Waals surface area contributed by atoms with Gasteiger partial charge in [0.1, 0.15) is 5.01 Å². The molecule has 0 atom stereocenters. The summed E-state index contributed by atoms with van der Waals surface area (Å²) in [6.07, 6.45) is 0. The molecule has 0 saturated heterocycles. The van der Waals surface area contributed by atoms with E-state index in [1.165, 1.54) is 58.9 Å². The lowest BCUT2D eigenvalue weighted by molar-refractivity contribution is 0.0946. The van der Waals surface area contributed by atoms with Gasteiger partial charge in [-0.3, -0.25) is 4.79 Å². The van der Waals surface area contributed by atoms with E-state index in [1.807, 2.05) is 24.3 Å². The molecule has 15 nitrogen and oxygen atoms in total. The van der Waals surface area contributed by atoms with Gasteiger partial charge in [-0.2, -0.15) is 9.06 Å². The van der Waals surface area contributed by atoms with Gasteiger partial charge in [0.25, 0.3) is 5.91 Å². The van der Waals surface area contributed by atoms with E-state index in [0.29, 0.717) is 79.3 Å². The molecule has 54 heavy (non-hydrogen) atoms. The predicted octanol–water partition coefficient (Wildman–Crippen LogP) is 6.56. The van der Waals surface area contributed by atoms with Gasteiger partial charge in [0.05, 0.1) is 64.0 Å². The topological polar surface area (TPSA) is 157 Å². The fourth-order valence-corrected chi connectivity index (χ4v) is 6.42. The fourth-order valence-electron chi connectivity index (χ4n) is 5.73. The minimum atomic E-state index is -0.512. The number of benzene rings is 4. The van der Waals surface area contributed by atoms with Crippen molar-refractivity contribution < 1.29 is 47.4 Å². The van der Waals surface area contributed by atoms with Crippen LogP contribution in [0.15, 0.2) is 60.7 Å². The summed E-state index contributed by atoms with van der Waals surface area (Å²) in [5, 5.41) is 5.38. The number of carbonyl (C=O) groups excluding carboxylic acids is 1. The number of nitrogens with zero attached hydrogens (tertiary/aromatic N) is 5. The summed E-state index contributed by atoms with van der Waals surface area (Å²) in [7, 11) is 13.6. The smallest absolute Gasteiger partial charge is 0.280 e. The van der Waals surface area contributed by atoms with Gasteiger partial charge in [0.15, 0.2) is 52.0 Å². The van der Waals surface area contributed by atoms with Crippen molar-refractivity contribution in [3.05, 3.63) is 66.2 Å². The molecule has 0 bridgehead atoms. The van der Waals surface area contributed by atoms with Gasteiger partial charge in [0, 0.05) is 27.8 Å². The third-order valence-electron chi connectivity index (χ3n) is 8.37. The second-order valence-electron chi connectivity index (χ2n) is 11.2. The van der Waals surface area contributed by atoms with Gasteiger partial charge in [-0.05, 0) is 47.9 Å². The summed E-state index contributed by atoms with van der Waals surface area (Å²) in [5.74, 6) is 4.01. The second-order valence-corrected chi connectivity index (χ2v) is 12.0. The third kappa shape index (κ3) is 6.86. The van der Waals surface area contributed by atoms with Gasteiger partial charge in [0.2, 0.25) is 17.2 Å². The normalized spacial score (nSPS) is 10.8. The van der Waals surface area contributed by atoms with Gasteiger partial charge >= 0.3 is 0 Å². The molecule has 0 amide bonds. The van der Waals surface area contributed by atoms with E-state index >= 15 is 0 Å². The van der Waals surface area contributed by atoms with Crippen molar-refractivity contribution in [1.29, 1.82) is 0 Å². The van der Waals surface area contributed by atoms with Gasteiger partial charge in [-0.1, -0.05) is 24.3 Å². The molecule has 0 radical (unpaired) electrons. The lowest BCUT2D eigenvalue weighted by Crippen LogP contribution is -2.16. The van der Waals surface area contributed by atoms with Crippen LogP contribution < -0.4 is 42.6 Å². The van der Waals surface area contributed by atoms with E-state index in [1.54, 1.807) is 57.7 Å². The van der Waals surface area contributed by atoms with Crippen molar-refractivity contribution in [2.45, 2.75) is 0 Å². The number of ether oxygens (including phenoxy) is 9. The molecule has 0 N–H and O–H groups in total. The van der Waals surface area contributed by atoms with Crippen molar-refractivity contribution in [3.63, 3.8) is 0 Å². The molecule has 0 saturated carbocycles. The Bertz CT molecular complexity index is 2230. The first-order valence-corrected chi connectivity index (χ1v) is 16.9. The van der Waals surface area contributed by atoms with Crippen molar-refractivity contribution in [2.75, 3.05) is 64.0 Å². The zero-order valence-corrected chi connectivity index (χ0v) is 31.8. The molecule has 6 rings (SSSR count). The molecule has 16 heteroatoms. The predicted molar refractivity (Wildman–Crippen MR) is 200 cm³/mol. The number of aromatic nitrogens is 5.